The van der Waals surface area contributed by atoms with Crippen LogP contribution >= 0.6 is 12.4 Å². The first-order chi connectivity index (χ1) is 10.2. The van der Waals surface area contributed by atoms with Crippen LogP contribution in [-0.4, -0.2) is 18.5 Å². The van der Waals surface area contributed by atoms with Crippen LogP contribution in [0.5, 0.6) is 0 Å². The third-order valence-corrected chi connectivity index (χ3v) is 3.56. The van der Waals surface area contributed by atoms with E-state index in [0.29, 0.717) is 6.54 Å². The Morgan fingerprint density at radius 2 is 1.23 bits per heavy atom. The molecule has 0 bridgehead atoms. The summed E-state index contributed by atoms with van der Waals surface area (Å²) < 4.78 is 0. The van der Waals surface area contributed by atoms with E-state index in [0.717, 1.165) is 6.42 Å². The van der Waals surface area contributed by atoms with Crippen LogP contribution in [0.2, 0.25) is 0 Å². The van der Waals surface area contributed by atoms with Crippen LogP contribution in [0.1, 0.15) is 84.0 Å². The lowest BCUT2D eigenvalue weighted by atomic mass is 10.1. The highest BCUT2D eigenvalue weighted by atomic mass is 35.5. The van der Waals surface area contributed by atoms with E-state index in [-0.39, 0.29) is 24.3 Å². The second-order valence-corrected chi connectivity index (χ2v) is 5.69. The molecule has 0 aliphatic rings. The van der Waals surface area contributed by atoms with Gasteiger partial charge in [0.05, 0.1) is 0 Å². The number of aliphatic imine (C=N–C) groups is 1. The molecular weight excluding hydrogens is 298 g/mol. The third kappa shape index (κ3) is 19.0. The third-order valence-electron chi connectivity index (χ3n) is 3.56. The molecule has 22 heavy (non-hydrogen) atoms. The normalized spacial score (nSPS) is 11.0. The molecule has 0 unspecified atom stereocenters. The molecule has 0 amide bonds. The number of nitrogens with zero attached hydrogens (tertiary/aromatic N) is 1. The number of nitrogens with two attached hydrogens (primary N) is 2. The van der Waals surface area contributed by atoms with Gasteiger partial charge in [-0.05, 0) is 6.42 Å². The fraction of sp³-hybridized carbons (Fsp3) is 0.875. The van der Waals surface area contributed by atoms with Gasteiger partial charge in [-0.2, -0.15) is 0 Å². The number of nitrogens with one attached hydrogen (secondary N) is 2. The summed E-state index contributed by atoms with van der Waals surface area (Å²) >= 11 is 0. The van der Waals surface area contributed by atoms with Gasteiger partial charge in [0.1, 0.15) is 0 Å². The second kappa shape index (κ2) is 18.1. The molecule has 0 heterocycles. The first-order valence-corrected chi connectivity index (χ1v) is 8.57. The summed E-state index contributed by atoms with van der Waals surface area (Å²) in [6.07, 6.45) is 16.0. The van der Waals surface area contributed by atoms with Crippen molar-refractivity contribution in [1.82, 2.24) is 5.32 Å². The molecule has 132 valence electrons. The summed E-state index contributed by atoms with van der Waals surface area (Å²) in [7, 11) is 0. The Balaban J connectivity index is 0. The van der Waals surface area contributed by atoms with Crippen LogP contribution < -0.4 is 16.8 Å². The Kier molecular flexibility index (Phi) is 19.1. The van der Waals surface area contributed by atoms with Crippen LogP contribution in [0.4, 0.5) is 0 Å². The molecule has 5 nitrogen and oxygen atoms in total. The van der Waals surface area contributed by atoms with E-state index in [9.17, 15) is 0 Å². The van der Waals surface area contributed by atoms with Crippen LogP contribution in [0.25, 0.3) is 0 Å². The van der Waals surface area contributed by atoms with E-state index in [1.807, 2.05) is 0 Å². The standard InChI is InChI=1S/C16H35N5.ClH/c1-2-3-4-5-6-7-8-9-10-11-12-13-14-20-16(19)21-15(17)18;/h2-14H2,1H3,(H6,17,18,19,20,21);1H. The average Bonchev–Trinajstić information content (AvgIpc) is 2.43. The molecular formula is C16H36ClN5. The SMILES string of the molecule is CCCCCCCCCCCCCCN=C(N)NC(=N)N.Cl. The highest BCUT2D eigenvalue weighted by Gasteiger charge is 1.94. The van der Waals surface area contributed by atoms with Crippen LogP contribution in [0.3, 0.4) is 0 Å². The number of guanidine groups is 2. The number of hydrogen-bond acceptors (Lipinski definition) is 2. The summed E-state index contributed by atoms with van der Waals surface area (Å²) in [5, 5.41) is 9.48. The fourth-order valence-electron chi connectivity index (χ4n) is 2.33. The van der Waals surface area contributed by atoms with Crippen LogP contribution in [0, 0.1) is 5.41 Å². The van der Waals surface area contributed by atoms with E-state index in [4.69, 9.17) is 16.9 Å². The monoisotopic (exact) mass is 333 g/mol. The van der Waals surface area contributed by atoms with Crippen LogP contribution in [0.15, 0.2) is 4.99 Å². The van der Waals surface area contributed by atoms with Crippen LogP contribution in [-0.2, 0) is 0 Å². The molecule has 0 spiro atoms. The Hall–Kier alpha value is -0.970. The quantitative estimate of drug-likeness (QED) is 0.233. The Morgan fingerprint density at radius 3 is 1.64 bits per heavy atom. The minimum absolute atomic E-state index is 0. The maximum Gasteiger partial charge on any atom is 0.195 e. The first kappa shape index (κ1) is 23.3. The number of halogens is 1. The van der Waals surface area contributed by atoms with Crippen molar-refractivity contribution in [3.8, 4) is 0 Å². The lowest BCUT2D eigenvalue weighted by molar-refractivity contribution is 0.545. The van der Waals surface area contributed by atoms with E-state index >= 15 is 0 Å². The lowest BCUT2D eigenvalue weighted by Crippen LogP contribution is -2.40. The van der Waals surface area contributed by atoms with Crippen molar-refractivity contribution < 1.29 is 0 Å². The second-order valence-electron chi connectivity index (χ2n) is 5.69. The Labute approximate surface area is 142 Å². The van der Waals surface area contributed by atoms with Gasteiger partial charge in [-0.1, -0.05) is 77.6 Å². The van der Waals surface area contributed by atoms with Crippen molar-refractivity contribution >= 4 is 24.3 Å². The maximum atomic E-state index is 7.00. The zero-order valence-electron chi connectivity index (χ0n) is 14.2. The van der Waals surface area contributed by atoms with E-state index in [2.05, 4.69) is 17.2 Å². The van der Waals surface area contributed by atoms with Crippen molar-refractivity contribution in [2.45, 2.75) is 84.0 Å². The molecule has 0 atom stereocenters. The summed E-state index contributed by atoms with van der Waals surface area (Å²) in [5.41, 5.74) is 10.7. The fourth-order valence-corrected chi connectivity index (χ4v) is 2.33. The van der Waals surface area contributed by atoms with Gasteiger partial charge < -0.3 is 11.5 Å². The molecule has 0 aliphatic carbocycles. The van der Waals surface area contributed by atoms with E-state index in [1.165, 1.54) is 70.6 Å². The summed E-state index contributed by atoms with van der Waals surface area (Å²) in [4.78, 5) is 4.11. The van der Waals surface area contributed by atoms with Gasteiger partial charge in [0.2, 0.25) is 0 Å². The molecule has 0 saturated carbocycles. The van der Waals surface area contributed by atoms with Gasteiger partial charge >= 0.3 is 0 Å². The maximum absolute atomic E-state index is 7.00. The smallest absolute Gasteiger partial charge is 0.195 e. The highest BCUT2D eigenvalue weighted by Crippen LogP contribution is 2.11. The van der Waals surface area contributed by atoms with Gasteiger partial charge in [-0.3, -0.25) is 15.7 Å². The molecule has 0 radical (unpaired) electrons. The summed E-state index contributed by atoms with van der Waals surface area (Å²) in [5.74, 6) is 0.0801. The van der Waals surface area contributed by atoms with Crippen molar-refractivity contribution in [2.75, 3.05) is 6.54 Å². The Morgan fingerprint density at radius 1 is 0.818 bits per heavy atom. The average molecular weight is 334 g/mol. The van der Waals surface area contributed by atoms with Gasteiger partial charge in [-0.25, -0.2) is 0 Å². The molecule has 0 aromatic rings. The summed E-state index contributed by atoms with van der Waals surface area (Å²) in [6.45, 7) is 2.98. The number of unbranched alkanes of at least 4 members (excludes halogenated alkanes) is 11. The lowest BCUT2D eigenvalue weighted by Gasteiger charge is -2.03. The largest absolute Gasteiger partial charge is 0.370 e. The zero-order chi connectivity index (χ0) is 15.8. The minimum Gasteiger partial charge on any atom is -0.370 e. The predicted molar refractivity (Wildman–Crippen MR) is 99.9 cm³/mol. The van der Waals surface area contributed by atoms with Crippen molar-refractivity contribution in [3.63, 3.8) is 0 Å². The molecule has 0 aromatic carbocycles. The Bertz CT molecular complexity index is 282. The van der Waals surface area contributed by atoms with Gasteiger partial charge in [-0.15, -0.1) is 12.4 Å². The number of rotatable bonds is 13. The molecule has 0 aromatic heterocycles. The minimum atomic E-state index is -0.161. The molecule has 0 rings (SSSR count). The van der Waals surface area contributed by atoms with Gasteiger partial charge in [0.25, 0.3) is 0 Å². The first-order valence-electron chi connectivity index (χ1n) is 8.57. The van der Waals surface area contributed by atoms with Crippen molar-refractivity contribution in [1.29, 1.82) is 5.41 Å². The van der Waals surface area contributed by atoms with Gasteiger partial charge in [0.15, 0.2) is 11.9 Å². The molecule has 6 N–H and O–H groups in total. The zero-order valence-corrected chi connectivity index (χ0v) is 15.0. The van der Waals surface area contributed by atoms with E-state index in [1.54, 1.807) is 0 Å². The van der Waals surface area contributed by atoms with E-state index < -0.39 is 0 Å². The topological polar surface area (TPSA) is 100 Å². The predicted octanol–water partition coefficient (Wildman–Crippen LogP) is 3.91. The van der Waals surface area contributed by atoms with Crippen molar-refractivity contribution in [2.24, 2.45) is 16.5 Å². The summed E-state index contributed by atoms with van der Waals surface area (Å²) in [6, 6.07) is 0. The number of hydrogen-bond donors (Lipinski definition) is 4. The van der Waals surface area contributed by atoms with Crippen molar-refractivity contribution in [3.05, 3.63) is 0 Å². The molecule has 0 aliphatic heterocycles. The highest BCUT2D eigenvalue weighted by molar-refractivity contribution is 5.95. The molecule has 0 saturated heterocycles. The molecule has 6 heteroatoms. The molecule has 0 fully saturated rings. The van der Waals surface area contributed by atoms with Gasteiger partial charge in [0, 0.05) is 6.54 Å².